The quantitative estimate of drug-likeness (QED) is 0.0833. The van der Waals surface area contributed by atoms with E-state index in [2.05, 4.69) is 117 Å². The van der Waals surface area contributed by atoms with Crippen molar-refractivity contribution in [3.05, 3.63) is 121 Å². The van der Waals surface area contributed by atoms with Crippen LogP contribution in [0, 0.1) is 16.9 Å². The first-order valence-electron chi connectivity index (χ1n) is 15.6. The number of ketones is 1. The van der Waals surface area contributed by atoms with E-state index in [4.69, 9.17) is 4.98 Å². The summed E-state index contributed by atoms with van der Waals surface area (Å²) in [5, 5.41) is 12.2. The molecule has 1 heterocycles. The molecule has 1 N–H and O–H groups in total. The topological polar surface area (TPSA) is 50.2 Å². The van der Waals surface area contributed by atoms with Crippen molar-refractivity contribution >= 4 is 29.9 Å². The van der Waals surface area contributed by atoms with E-state index in [1.807, 2.05) is 53.7 Å². The Hall–Kier alpha value is -3.63. The summed E-state index contributed by atoms with van der Waals surface area (Å²) in [5.74, 6) is 0.104. The third-order valence-electron chi connectivity index (χ3n) is 7.68. The molecule has 1 aromatic heterocycles. The van der Waals surface area contributed by atoms with E-state index in [0.717, 1.165) is 16.8 Å². The van der Waals surface area contributed by atoms with Gasteiger partial charge in [-0.05, 0) is 39.9 Å². The molecule has 0 aliphatic rings. The molecule has 0 fully saturated rings. The van der Waals surface area contributed by atoms with Crippen molar-refractivity contribution in [2.45, 2.75) is 61.2 Å². The zero-order valence-electron chi connectivity index (χ0n) is 28.5. The van der Waals surface area contributed by atoms with Crippen LogP contribution in [-0.4, -0.2) is 23.9 Å². The van der Waals surface area contributed by atoms with Crippen LogP contribution in [0.25, 0.3) is 44.4 Å². The molecule has 1 radical (unpaired) electrons. The second kappa shape index (κ2) is 14.9. The Balaban J connectivity index is 0.000000352. The van der Waals surface area contributed by atoms with Gasteiger partial charge in [0.05, 0.1) is 13.6 Å². The Bertz CT molecular complexity index is 1810. The molecule has 3 nitrogen and oxygen atoms in total. The molecule has 0 spiro atoms. The first-order chi connectivity index (χ1) is 21.0. The predicted octanol–water partition coefficient (Wildman–Crippen LogP) is 10.7. The number of aromatic nitrogens is 1. The van der Waals surface area contributed by atoms with Crippen LogP contribution in [-0.2, 0) is 24.9 Å². The maximum Gasteiger partial charge on any atom is 0.164 e. The van der Waals surface area contributed by atoms with E-state index < -0.39 is 13.5 Å². The van der Waals surface area contributed by atoms with Crippen molar-refractivity contribution in [3.63, 3.8) is 0 Å². The van der Waals surface area contributed by atoms with Crippen LogP contribution in [0.2, 0.25) is 19.6 Å². The third kappa shape index (κ3) is 9.45. The number of nitrogens with zero attached hydrogens (tertiary/aromatic N) is 1. The molecule has 0 bridgehead atoms. The molecule has 46 heavy (non-hydrogen) atoms. The van der Waals surface area contributed by atoms with E-state index in [9.17, 15) is 9.90 Å². The molecule has 5 aromatic rings. The molecular formula is C41H46IrNO2Si-. The first kappa shape index (κ1) is 36.8. The zero-order chi connectivity index (χ0) is 33.0. The van der Waals surface area contributed by atoms with Gasteiger partial charge in [-0.2, -0.15) is 0 Å². The number of pyridine rings is 1. The zero-order valence-corrected chi connectivity index (χ0v) is 31.9. The molecule has 5 rings (SSSR count). The van der Waals surface area contributed by atoms with Gasteiger partial charge < -0.3 is 5.11 Å². The average molecular weight is 805 g/mol. The molecule has 0 amide bonds. The maximum absolute atomic E-state index is 11.5. The SMILES string of the molecule is CC(C)(C)C(=O)/C=C(\O)C(C)(C)C.C[Si](C)(C)c1cc2nc(-c3[c-]ccc(-c4ccccc4)c3)ccc2cc1-c1ccccc1.[Ir]. The minimum atomic E-state index is -1.58. The number of aliphatic hydroxyl groups is 1. The number of allylic oxidation sites excluding steroid dienone is 2. The molecule has 0 aliphatic heterocycles. The monoisotopic (exact) mass is 805 g/mol. The summed E-state index contributed by atoms with van der Waals surface area (Å²) in [6.45, 7) is 18.3. The molecular weight excluding hydrogens is 759 g/mol. The van der Waals surface area contributed by atoms with E-state index >= 15 is 0 Å². The Labute approximate surface area is 290 Å². The fourth-order valence-corrected chi connectivity index (χ4v) is 6.37. The van der Waals surface area contributed by atoms with Crippen LogP contribution in [0.15, 0.2) is 115 Å². The minimum Gasteiger partial charge on any atom is -0.512 e. The van der Waals surface area contributed by atoms with Gasteiger partial charge in [0.1, 0.15) is 5.76 Å². The number of hydrogen-bond acceptors (Lipinski definition) is 3. The van der Waals surface area contributed by atoms with E-state index in [0.29, 0.717) is 0 Å². The Morgan fingerprint density at radius 3 is 1.87 bits per heavy atom. The molecule has 4 aromatic carbocycles. The molecule has 0 unspecified atom stereocenters. The van der Waals surface area contributed by atoms with Crippen molar-refractivity contribution in [1.82, 2.24) is 4.98 Å². The molecule has 0 aliphatic carbocycles. The summed E-state index contributed by atoms with van der Waals surface area (Å²) in [7, 11) is -1.58. The largest absolute Gasteiger partial charge is 0.512 e. The predicted molar refractivity (Wildman–Crippen MR) is 194 cm³/mol. The van der Waals surface area contributed by atoms with Gasteiger partial charge in [-0.25, -0.2) is 0 Å². The number of carbonyl (C=O) groups is 1. The number of aliphatic hydroxyl groups excluding tert-OH is 1. The summed E-state index contributed by atoms with van der Waals surface area (Å²) < 4.78 is 0. The summed E-state index contributed by atoms with van der Waals surface area (Å²) in [4.78, 5) is 16.6. The smallest absolute Gasteiger partial charge is 0.164 e. The normalized spacial score (nSPS) is 12.2. The number of fused-ring (bicyclic) bond motifs is 1. The van der Waals surface area contributed by atoms with E-state index in [1.165, 1.54) is 38.9 Å². The van der Waals surface area contributed by atoms with Crippen molar-refractivity contribution in [2.24, 2.45) is 10.8 Å². The first-order valence-corrected chi connectivity index (χ1v) is 19.1. The van der Waals surface area contributed by atoms with Crippen molar-refractivity contribution in [1.29, 1.82) is 0 Å². The van der Waals surface area contributed by atoms with Gasteiger partial charge in [-0.1, -0.05) is 139 Å². The summed E-state index contributed by atoms with van der Waals surface area (Å²) >= 11 is 0. The van der Waals surface area contributed by atoms with Gasteiger partial charge in [0, 0.05) is 37.0 Å². The van der Waals surface area contributed by atoms with Gasteiger partial charge >= 0.3 is 0 Å². The van der Waals surface area contributed by atoms with Crippen LogP contribution < -0.4 is 5.19 Å². The van der Waals surface area contributed by atoms with E-state index in [-0.39, 0.29) is 37.1 Å². The van der Waals surface area contributed by atoms with E-state index in [1.54, 1.807) is 0 Å². The van der Waals surface area contributed by atoms with Crippen molar-refractivity contribution in [3.8, 4) is 33.5 Å². The fraction of sp³-hybridized carbons (Fsp3) is 0.268. The summed E-state index contributed by atoms with van der Waals surface area (Å²) in [5.41, 5.74) is 7.28. The molecule has 0 saturated heterocycles. The Kier molecular flexibility index (Phi) is 11.9. The van der Waals surface area contributed by atoms with Crippen LogP contribution in [0.1, 0.15) is 41.5 Å². The number of benzene rings is 4. The minimum absolute atomic E-state index is 0. The van der Waals surface area contributed by atoms with Crippen LogP contribution >= 0.6 is 0 Å². The number of hydrogen-bond donors (Lipinski definition) is 1. The molecule has 5 heteroatoms. The summed E-state index contributed by atoms with van der Waals surface area (Å²) in [6.07, 6.45) is 1.33. The second-order valence-corrected chi connectivity index (χ2v) is 19.7. The van der Waals surface area contributed by atoms with Gasteiger partial charge in [-0.15, -0.1) is 35.4 Å². The standard InChI is InChI=1S/C30H26NSi.C11H20O2.Ir/c1-32(2,3)30-21-29-26(20-27(30)23-13-8-5-9-14-23)17-18-28(31-29)25-16-10-15-24(19-25)22-11-6-4-7-12-22;1-10(2,3)8(12)7-9(13)11(4,5)6;/h4-15,17-21H,1-3H3;7,12H,1-6H3;/q-1;;/b;8-7-;. The van der Waals surface area contributed by atoms with Crippen LogP contribution in [0.3, 0.4) is 0 Å². The summed E-state index contributed by atoms with van der Waals surface area (Å²) in [6, 6.07) is 39.8. The van der Waals surface area contributed by atoms with Gasteiger partial charge in [-0.3, -0.25) is 9.78 Å². The third-order valence-corrected chi connectivity index (χ3v) is 9.71. The maximum atomic E-state index is 11.5. The Morgan fingerprint density at radius 1 is 0.739 bits per heavy atom. The average Bonchev–Trinajstić information content (AvgIpc) is 3.00. The van der Waals surface area contributed by atoms with Crippen molar-refractivity contribution in [2.75, 3.05) is 0 Å². The molecule has 0 atom stereocenters. The molecule has 241 valence electrons. The van der Waals surface area contributed by atoms with Crippen molar-refractivity contribution < 1.29 is 30.0 Å². The van der Waals surface area contributed by atoms with Crippen LogP contribution in [0.4, 0.5) is 0 Å². The molecule has 0 saturated carbocycles. The van der Waals surface area contributed by atoms with Gasteiger partial charge in [0.25, 0.3) is 0 Å². The number of rotatable bonds is 5. The van der Waals surface area contributed by atoms with Crippen LogP contribution in [0.5, 0.6) is 0 Å². The fourth-order valence-electron chi connectivity index (χ4n) is 4.78. The number of carbonyl (C=O) groups excluding carboxylic acids is 1. The second-order valence-electron chi connectivity index (χ2n) is 14.7. The van der Waals surface area contributed by atoms with Gasteiger partial charge in [0.15, 0.2) is 5.78 Å². The Morgan fingerprint density at radius 2 is 1.33 bits per heavy atom. The van der Waals surface area contributed by atoms with Gasteiger partial charge in [0.2, 0.25) is 0 Å².